The summed E-state index contributed by atoms with van der Waals surface area (Å²) in [5, 5.41) is 20.1. The van der Waals surface area contributed by atoms with E-state index < -0.39 is 0 Å². The Morgan fingerprint density at radius 3 is 2.74 bits per heavy atom. The smallest absolute Gasteiger partial charge is 0.253 e. The number of thioether (sulfide) groups is 1. The summed E-state index contributed by atoms with van der Waals surface area (Å²) < 4.78 is 0. The monoisotopic (exact) mass is 283 g/mol. The minimum Gasteiger partial charge on any atom is -0.395 e. The molecule has 2 unspecified atom stereocenters. The summed E-state index contributed by atoms with van der Waals surface area (Å²) in [7, 11) is 0. The number of aliphatic hydroxyl groups is 1. The van der Waals surface area contributed by atoms with E-state index in [1.54, 1.807) is 6.07 Å². The zero-order valence-corrected chi connectivity index (χ0v) is 12.6. The van der Waals surface area contributed by atoms with Crippen LogP contribution >= 0.6 is 11.8 Å². The Balaban J connectivity index is 2.86. The van der Waals surface area contributed by atoms with Crippen molar-refractivity contribution < 1.29 is 9.90 Å². The second-order valence-corrected chi connectivity index (χ2v) is 5.50. The highest BCUT2D eigenvalue weighted by atomic mass is 32.2. The number of amides is 1. The van der Waals surface area contributed by atoms with Crippen molar-refractivity contribution >= 4 is 17.7 Å². The molecule has 1 aromatic heterocycles. The third kappa shape index (κ3) is 4.18. The lowest BCUT2D eigenvalue weighted by Crippen LogP contribution is -2.41. The van der Waals surface area contributed by atoms with E-state index >= 15 is 0 Å². The summed E-state index contributed by atoms with van der Waals surface area (Å²) in [6.45, 7) is 5.68. The molecule has 0 fully saturated rings. The van der Waals surface area contributed by atoms with Gasteiger partial charge in [-0.1, -0.05) is 6.92 Å². The molecule has 19 heavy (non-hydrogen) atoms. The van der Waals surface area contributed by atoms with Crippen LogP contribution in [0.25, 0.3) is 0 Å². The first-order chi connectivity index (χ1) is 9.03. The Labute approximate surface area is 118 Å². The van der Waals surface area contributed by atoms with Crippen molar-refractivity contribution in [3.63, 3.8) is 0 Å². The minimum absolute atomic E-state index is 0.00933. The van der Waals surface area contributed by atoms with Crippen LogP contribution in [0.2, 0.25) is 0 Å². The Morgan fingerprint density at radius 1 is 1.53 bits per heavy atom. The highest BCUT2D eigenvalue weighted by molar-refractivity contribution is 7.99. The van der Waals surface area contributed by atoms with Crippen LogP contribution in [0.5, 0.6) is 0 Å². The average Bonchev–Trinajstić information content (AvgIpc) is 2.40. The molecule has 106 valence electrons. The van der Waals surface area contributed by atoms with Crippen LogP contribution in [0, 0.1) is 6.92 Å². The van der Waals surface area contributed by atoms with Crippen LogP contribution < -0.4 is 5.32 Å². The molecule has 1 aromatic rings. The Morgan fingerprint density at radius 2 is 2.21 bits per heavy atom. The van der Waals surface area contributed by atoms with E-state index in [0.29, 0.717) is 17.7 Å². The lowest BCUT2D eigenvalue weighted by atomic mass is 10.1. The molecule has 0 aliphatic carbocycles. The molecule has 5 nitrogen and oxygen atoms in total. The van der Waals surface area contributed by atoms with Crippen LogP contribution in [0.15, 0.2) is 6.07 Å². The van der Waals surface area contributed by atoms with E-state index in [2.05, 4.69) is 15.5 Å². The number of hydrogen-bond acceptors (Lipinski definition) is 5. The number of hydrogen-bond donors (Lipinski definition) is 2. The van der Waals surface area contributed by atoms with E-state index in [-0.39, 0.29) is 23.8 Å². The fourth-order valence-electron chi connectivity index (χ4n) is 1.79. The van der Waals surface area contributed by atoms with Gasteiger partial charge in [-0.05, 0) is 32.6 Å². The number of rotatable bonds is 6. The van der Waals surface area contributed by atoms with Crippen molar-refractivity contribution in [3.05, 3.63) is 23.0 Å². The van der Waals surface area contributed by atoms with Crippen LogP contribution in [0.4, 0.5) is 0 Å². The van der Waals surface area contributed by atoms with Gasteiger partial charge in [0.1, 0.15) is 0 Å². The number of carbonyl (C=O) groups excluding carboxylic acids is 1. The summed E-state index contributed by atoms with van der Waals surface area (Å²) in [6, 6.07) is 1.65. The van der Waals surface area contributed by atoms with Crippen molar-refractivity contribution in [1.82, 2.24) is 15.5 Å². The average molecular weight is 283 g/mol. The normalized spacial score (nSPS) is 13.9. The molecule has 0 radical (unpaired) electrons. The third-order valence-electron chi connectivity index (χ3n) is 2.97. The number of nitrogens with one attached hydrogen (secondary N) is 1. The zero-order chi connectivity index (χ0) is 14.4. The summed E-state index contributed by atoms with van der Waals surface area (Å²) in [5.41, 5.74) is 1.98. The van der Waals surface area contributed by atoms with Crippen LogP contribution in [-0.2, 0) is 6.42 Å². The molecule has 1 rings (SSSR count). The van der Waals surface area contributed by atoms with Crippen molar-refractivity contribution in [2.75, 3.05) is 12.9 Å². The molecule has 1 amide bonds. The van der Waals surface area contributed by atoms with Gasteiger partial charge >= 0.3 is 0 Å². The molecule has 2 atom stereocenters. The fourth-order valence-corrected chi connectivity index (χ4v) is 2.41. The van der Waals surface area contributed by atoms with Crippen LogP contribution in [0.3, 0.4) is 0 Å². The molecule has 0 saturated heterocycles. The number of aliphatic hydroxyl groups excluding tert-OH is 1. The Bertz CT molecular complexity index is 436. The highest BCUT2D eigenvalue weighted by Gasteiger charge is 2.20. The summed E-state index contributed by atoms with van der Waals surface area (Å²) in [4.78, 5) is 12.3. The van der Waals surface area contributed by atoms with Gasteiger partial charge in [0.15, 0.2) is 0 Å². The highest BCUT2D eigenvalue weighted by Crippen LogP contribution is 2.12. The molecule has 0 aromatic carbocycles. The quantitative estimate of drug-likeness (QED) is 0.820. The molecule has 1 heterocycles. The van der Waals surface area contributed by atoms with E-state index in [9.17, 15) is 9.90 Å². The lowest BCUT2D eigenvalue weighted by Gasteiger charge is -2.21. The minimum atomic E-state index is -0.158. The first-order valence-electron chi connectivity index (χ1n) is 6.31. The predicted molar refractivity (Wildman–Crippen MR) is 77.5 cm³/mol. The fraction of sp³-hybridized carbons (Fsp3) is 0.615. The number of carbonyl (C=O) groups is 1. The van der Waals surface area contributed by atoms with Crippen molar-refractivity contribution in [3.8, 4) is 0 Å². The second-order valence-electron chi connectivity index (χ2n) is 4.42. The number of aromatic nitrogens is 2. The molecular weight excluding hydrogens is 262 g/mol. The van der Waals surface area contributed by atoms with E-state index in [4.69, 9.17) is 0 Å². The second kappa shape index (κ2) is 7.45. The number of nitrogens with zero attached hydrogens (tertiary/aromatic N) is 2. The molecular formula is C13H21N3O2S. The van der Waals surface area contributed by atoms with Gasteiger partial charge in [0.05, 0.1) is 23.6 Å². The summed E-state index contributed by atoms with van der Waals surface area (Å²) in [5.74, 6) is -0.158. The third-order valence-corrected chi connectivity index (χ3v) is 4.13. The molecule has 6 heteroatoms. The molecule has 0 saturated carbocycles. The molecule has 2 N–H and O–H groups in total. The molecule has 0 aliphatic rings. The van der Waals surface area contributed by atoms with Gasteiger partial charge < -0.3 is 10.4 Å². The van der Waals surface area contributed by atoms with Gasteiger partial charge in [-0.25, -0.2) is 0 Å². The van der Waals surface area contributed by atoms with Gasteiger partial charge in [0, 0.05) is 11.3 Å². The van der Waals surface area contributed by atoms with Crippen molar-refractivity contribution in [2.45, 2.75) is 38.5 Å². The lowest BCUT2D eigenvalue weighted by molar-refractivity contribution is 0.0934. The maximum atomic E-state index is 12.3. The predicted octanol–water partition coefficient (Wildman–Crippen LogP) is 1.19. The van der Waals surface area contributed by atoms with Gasteiger partial charge in [0.2, 0.25) is 0 Å². The standard InChI is InChI=1S/C13H21N3O2S/c1-5-11-10(6-8(2)15-16-11)13(18)14-9(3)12(7-17)19-4/h6,9,12,17H,5,7H2,1-4H3,(H,14,18). The largest absolute Gasteiger partial charge is 0.395 e. The van der Waals surface area contributed by atoms with Crippen LogP contribution in [-0.4, -0.2) is 45.4 Å². The number of aryl methyl sites for hydroxylation is 2. The molecule has 0 spiro atoms. The first kappa shape index (κ1) is 15.9. The van der Waals surface area contributed by atoms with Crippen molar-refractivity contribution in [2.24, 2.45) is 0 Å². The molecule has 0 bridgehead atoms. The topological polar surface area (TPSA) is 75.1 Å². The van der Waals surface area contributed by atoms with E-state index in [0.717, 1.165) is 5.69 Å². The van der Waals surface area contributed by atoms with E-state index in [1.807, 2.05) is 27.0 Å². The van der Waals surface area contributed by atoms with E-state index in [1.165, 1.54) is 11.8 Å². The van der Waals surface area contributed by atoms with Gasteiger partial charge in [0.25, 0.3) is 5.91 Å². The Kier molecular flexibility index (Phi) is 6.24. The zero-order valence-electron chi connectivity index (χ0n) is 11.8. The van der Waals surface area contributed by atoms with Crippen molar-refractivity contribution in [1.29, 1.82) is 0 Å². The summed E-state index contributed by atoms with van der Waals surface area (Å²) >= 11 is 1.54. The Hall–Kier alpha value is -1.14. The first-order valence-corrected chi connectivity index (χ1v) is 7.60. The maximum Gasteiger partial charge on any atom is 0.253 e. The van der Waals surface area contributed by atoms with Gasteiger partial charge in [-0.2, -0.15) is 22.0 Å². The molecule has 0 aliphatic heterocycles. The van der Waals surface area contributed by atoms with Gasteiger partial charge in [-0.15, -0.1) is 0 Å². The van der Waals surface area contributed by atoms with Gasteiger partial charge in [-0.3, -0.25) is 4.79 Å². The summed E-state index contributed by atoms with van der Waals surface area (Å²) in [6.07, 6.45) is 2.58. The SMILES string of the molecule is CCc1nnc(C)cc1C(=O)NC(C)C(CO)SC. The van der Waals surface area contributed by atoms with Crippen LogP contribution in [0.1, 0.15) is 35.6 Å². The maximum absolute atomic E-state index is 12.3.